The molecule has 0 bridgehead atoms. The van der Waals surface area contributed by atoms with Crippen LogP contribution >= 0.6 is 0 Å². The fraction of sp³-hybridized carbons (Fsp3) is 0.519. The molecule has 2 fully saturated rings. The van der Waals surface area contributed by atoms with Gasteiger partial charge >= 0.3 is 14.2 Å². The lowest BCUT2D eigenvalue weighted by Gasteiger charge is -2.32. The molecule has 4 aromatic rings. The van der Waals surface area contributed by atoms with Crippen molar-refractivity contribution in [3.05, 3.63) is 107 Å². The standard InChI is InChI=1S/C54H72B2O6/c1-11-13-15-17-19-21-35-57-43-29-23-39(24-30-43)49(40-25-31-44(32-26-40)58-36-22-20-18-16-14-12-2)50-47-37-41(55-59-51(3,4)52(5,6)60-55)27-33-45(47)46-34-28-42(38-48(46)50)56-61-53(7,8)54(9,10)62-56/h23-34,37-38H,11-22,35-36H2,1-10H3. The zero-order valence-electron chi connectivity index (χ0n) is 39.6. The number of benzene rings is 4. The van der Waals surface area contributed by atoms with Gasteiger partial charge in [0.15, 0.2) is 0 Å². The lowest BCUT2D eigenvalue weighted by Crippen LogP contribution is -2.41. The van der Waals surface area contributed by atoms with Gasteiger partial charge in [0.1, 0.15) is 11.5 Å². The molecule has 0 unspecified atom stereocenters. The van der Waals surface area contributed by atoms with Crippen LogP contribution in [0, 0.1) is 0 Å². The topological polar surface area (TPSA) is 55.4 Å². The van der Waals surface area contributed by atoms with E-state index >= 15 is 0 Å². The van der Waals surface area contributed by atoms with E-state index in [1.165, 1.54) is 75.3 Å². The third kappa shape index (κ3) is 10.1. The monoisotopic (exact) mass is 839 g/mol. The van der Waals surface area contributed by atoms with Crippen LogP contribution in [0.3, 0.4) is 0 Å². The van der Waals surface area contributed by atoms with Crippen molar-refractivity contribution in [1.29, 1.82) is 0 Å². The minimum atomic E-state index is -0.495. The van der Waals surface area contributed by atoms with Crippen molar-refractivity contribution in [2.75, 3.05) is 13.2 Å². The number of hydrogen-bond acceptors (Lipinski definition) is 6. The third-order valence-electron chi connectivity index (χ3n) is 14.0. The zero-order valence-corrected chi connectivity index (χ0v) is 39.6. The molecule has 1 aliphatic carbocycles. The van der Waals surface area contributed by atoms with Gasteiger partial charge in [0.05, 0.1) is 35.6 Å². The van der Waals surface area contributed by atoms with E-state index in [0.29, 0.717) is 0 Å². The fourth-order valence-corrected chi connectivity index (χ4v) is 8.71. The van der Waals surface area contributed by atoms with Gasteiger partial charge in [-0.05, 0) is 148 Å². The maximum Gasteiger partial charge on any atom is 0.494 e. The average Bonchev–Trinajstić information content (AvgIpc) is 3.77. The normalized spacial score (nSPS) is 17.9. The second-order valence-corrected chi connectivity index (χ2v) is 19.8. The van der Waals surface area contributed by atoms with Crippen LogP contribution in [0.2, 0.25) is 0 Å². The molecule has 4 aromatic carbocycles. The van der Waals surface area contributed by atoms with Gasteiger partial charge in [-0.15, -0.1) is 0 Å². The van der Waals surface area contributed by atoms with Gasteiger partial charge in [-0.1, -0.05) is 139 Å². The predicted octanol–water partition coefficient (Wildman–Crippen LogP) is 12.8. The van der Waals surface area contributed by atoms with Crippen LogP contribution in [-0.4, -0.2) is 49.9 Å². The largest absolute Gasteiger partial charge is 0.494 e. The Hall–Kier alpha value is -3.81. The molecule has 0 spiro atoms. The molecule has 7 rings (SSSR count). The number of unbranched alkanes of at least 4 members (excludes halogenated alkanes) is 10. The highest BCUT2D eigenvalue weighted by Crippen LogP contribution is 2.49. The minimum absolute atomic E-state index is 0.459. The Morgan fingerprint density at radius 1 is 0.419 bits per heavy atom. The van der Waals surface area contributed by atoms with E-state index in [-0.39, 0.29) is 0 Å². The first-order valence-electron chi connectivity index (χ1n) is 23.9. The smallest absolute Gasteiger partial charge is 0.494 e. The summed E-state index contributed by atoms with van der Waals surface area (Å²) in [6.45, 7) is 22.9. The molecule has 3 aliphatic rings. The Labute approximate surface area is 374 Å². The fourth-order valence-electron chi connectivity index (χ4n) is 8.71. The predicted molar refractivity (Wildman–Crippen MR) is 259 cm³/mol. The molecular formula is C54H72B2O6. The second-order valence-electron chi connectivity index (χ2n) is 19.8. The number of hydrogen-bond donors (Lipinski definition) is 0. The molecule has 62 heavy (non-hydrogen) atoms. The third-order valence-corrected chi connectivity index (χ3v) is 14.0. The van der Waals surface area contributed by atoms with Crippen molar-refractivity contribution >= 4 is 36.3 Å². The first-order chi connectivity index (χ1) is 29.6. The van der Waals surface area contributed by atoms with Crippen molar-refractivity contribution in [2.24, 2.45) is 0 Å². The molecule has 0 N–H and O–H groups in total. The highest BCUT2D eigenvalue weighted by Gasteiger charge is 2.53. The van der Waals surface area contributed by atoms with E-state index in [4.69, 9.17) is 28.1 Å². The molecule has 0 saturated carbocycles. The van der Waals surface area contributed by atoms with Gasteiger partial charge in [-0.2, -0.15) is 0 Å². The van der Waals surface area contributed by atoms with E-state index in [9.17, 15) is 0 Å². The maximum absolute atomic E-state index is 6.63. The molecular weight excluding hydrogens is 766 g/mol. The molecule has 2 saturated heterocycles. The summed E-state index contributed by atoms with van der Waals surface area (Å²) in [5, 5.41) is 0. The maximum atomic E-state index is 6.63. The van der Waals surface area contributed by atoms with Gasteiger partial charge in [0.25, 0.3) is 0 Å². The molecule has 8 heteroatoms. The van der Waals surface area contributed by atoms with Crippen LogP contribution < -0.4 is 20.4 Å². The SMILES string of the molecule is CCCCCCCCOc1ccc(C(=C2c3cc(B4OC(C)(C)C(C)(C)O4)ccc3-c3ccc(B4OC(C)(C)C(C)(C)O4)cc32)c2ccc(OCCCCCCCC)cc2)cc1. The molecule has 0 aromatic heterocycles. The van der Waals surface area contributed by atoms with E-state index in [0.717, 1.165) is 81.9 Å². The quantitative estimate of drug-likeness (QED) is 0.0575. The van der Waals surface area contributed by atoms with E-state index < -0.39 is 36.6 Å². The Kier molecular flexibility index (Phi) is 14.5. The van der Waals surface area contributed by atoms with Crippen molar-refractivity contribution < 1.29 is 28.1 Å². The summed E-state index contributed by atoms with van der Waals surface area (Å²) in [4.78, 5) is 0. The van der Waals surface area contributed by atoms with Gasteiger partial charge in [-0.25, -0.2) is 0 Å². The summed E-state index contributed by atoms with van der Waals surface area (Å²) in [5.74, 6) is 1.78. The van der Waals surface area contributed by atoms with Crippen molar-refractivity contribution in [3.8, 4) is 22.6 Å². The van der Waals surface area contributed by atoms with Crippen LogP contribution in [0.1, 0.15) is 169 Å². The molecule has 6 nitrogen and oxygen atoms in total. The zero-order chi connectivity index (χ0) is 44.1. The Bertz CT molecular complexity index is 1970. The summed E-state index contributed by atoms with van der Waals surface area (Å²) in [5.41, 5.74) is 9.26. The average molecular weight is 839 g/mol. The van der Waals surface area contributed by atoms with E-state index in [2.05, 4.69) is 154 Å². The molecule has 0 radical (unpaired) electrons. The molecule has 330 valence electrons. The first-order valence-corrected chi connectivity index (χ1v) is 23.9. The lowest BCUT2D eigenvalue weighted by atomic mass is 9.76. The summed E-state index contributed by atoms with van der Waals surface area (Å²) < 4.78 is 39.1. The van der Waals surface area contributed by atoms with Crippen LogP contribution in [0.4, 0.5) is 0 Å². The summed E-state index contributed by atoms with van der Waals surface area (Å²) in [7, 11) is -0.990. The van der Waals surface area contributed by atoms with Crippen LogP contribution in [-0.2, 0) is 18.6 Å². The summed E-state index contributed by atoms with van der Waals surface area (Å²) in [6, 6.07) is 30.8. The molecule has 2 heterocycles. The first kappa shape index (κ1) is 46.2. The number of rotatable bonds is 20. The molecule has 0 amide bonds. The summed E-state index contributed by atoms with van der Waals surface area (Å²) in [6.07, 6.45) is 14.8. The Morgan fingerprint density at radius 2 is 0.758 bits per heavy atom. The van der Waals surface area contributed by atoms with Crippen molar-refractivity contribution in [1.82, 2.24) is 0 Å². The molecule has 2 aliphatic heterocycles. The number of ether oxygens (including phenoxy) is 2. The highest BCUT2D eigenvalue weighted by atomic mass is 16.7. The van der Waals surface area contributed by atoms with Gasteiger partial charge < -0.3 is 28.1 Å². The number of fused-ring (bicyclic) bond motifs is 3. The van der Waals surface area contributed by atoms with Gasteiger partial charge in [0, 0.05) is 0 Å². The molecule has 0 atom stereocenters. The second kappa shape index (κ2) is 19.5. The minimum Gasteiger partial charge on any atom is -0.494 e. The van der Waals surface area contributed by atoms with Crippen LogP contribution in [0.15, 0.2) is 84.9 Å². The van der Waals surface area contributed by atoms with Crippen LogP contribution in [0.25, 0.3) is 22.3 Å². The summed E-state index contributed by atoms with van der Waals surface area (Å²) >= 11 is 0. The van der Waals surface area contributed by atoms with Gasteiger partial charge in [-0.3, -0.25) is 0 Å². The Balaban J connectivity index is 1.30. The van der Waals surface area contributed by atoms with Crippen LogP contribution in [0.5, 0.6) is 11.5 Å². The highest BCUT2D eigenvalue weighted by molar-refractivity contribution is 6.63. The van der Waals surface area contributed by atoms with E-state index in [1.54, 1.807) is 0 Å². The van der Waals surface area contributed by atoms with Crippen molar-refractivity contribution in [2.45, 2.75) is 169 Å². The van der Waals surface area contributed by atoms with Gasteiger partial charge in [0.2, 0.25) is 0 Å². The lowest BCUT2D eigenvalue weighted by molar-refractivity contribution is 0.00578. The Morgan fingerprint density at radius 3 is 1.11 bits per heavy atom. The van der Waals surface area contributed by atoms with Crippen molar-refractivity contribution in [3.63, 3.8) is 0 Å². The van der Waals surface area contributed by atoms with E-state index in [1.807, 2.05) is 0 Å².